The normalized spacial score (nSPS) is 12.1. The van der Waals surface area contributed by atoms with Crippen LogP contribution in [-0.2, 0) is 10.8 Å². The first-order valence-corrected chi connectivity index (χ1v) is 6.29. The smallest absolute Gasteiger partial charge is 0.0622 e. The zero-order chi connectivity index (χ0) is 11.3. The third-order valence-corrected chi connectivity index (χ3v) is 3.80. The van der Waals surface area contributed by atoms with Gasteiger partial charge in [0.15, 0.2) is 0 Å². The molecule has 0 aromatic heterocycles. The summed E-state index contributed by atoms with van der Waals surface area (Å²) in [7, 11) is -0.955. The van der Waals surface area contributed by atoms with Gasteiger partial charge in [-0.2, -0.15) is 5.26 Å². The number of nitriles is 1. The van der Waals surface area contributed by atoms with Gasteiger partial charge in [-0.3, -0.25) is 4.21 Å². The number of unbranched alkanes of at least 4 members (excludes halogenated alkanes) is 1. The van der Waals surface area contributed by atoms with Gasteiger partial charge in [-0.05, 0) is 43.5 Å². The predicted octanol–water partition coefficient (Wildman–Crippen LogP) is 2.71. The molecule has 0 fully saturated rings. The van der Waals surface area contributed by atoms with Crippen LogP contribution in [0.15, 0.2) is 23.1 Å². The summed E-state index contributed by atoms with van der Waals surface area (Å²) in [5.41, 5.74) is 2.38. The lowest BCUT2D eigenvalue weighted by atomic mass is 10.1. The third-order valence-electron chi connectivity index (χ3n) is 2.36. The fourth-order valence-electron chi connectivity index (χ4n) is 1.26. The van der Waals surface area contributed by atoms with Crippen LogP contribution in [-0.4, -0.2) is 9.96 Å². The molecule has 0 N–H and O–H groups in total. The van der Waals surface area contributed by atoms with Crippen molar-refractivity contribution in [2.75, 3.05) is 5.75 Å². The van der Waals surface area contributed by atoms with E-state index in [-0.39, 0.29) is 0 Å². The number of rotatable bonds is 4. The summed E-state index contributed by atoms with van der Waals surface area (Å²) in [5.74, 6) is 0.579. The number of nitrogens with zero attached hydrogens (tertiary/aromatic N) is 1. The molecule has 15 heavy (non-hydrogen) atoms. The Morgan fingerprint density at radius 1 is 1.33 bits per heavy atom. The van der Waals surface area contributed by atoms with Crippen LogP contribution in [0.1, 0.15) is 24.0 Å². The van der Waals surface area contributed by atoms with Gasteiger partial charge in [0.25, 0.3) is 0 Å². The highest BCUT2D eigenvalue weighted by Crippen LogP contribution is 2.14. The van der Waals surface area contributed by atoms with Gasteiger partial charge in [0, 0.05) is 17.1 Å². The maximum Gasteiger partial charge on any atom is 0.0622 e. The van der Waals surface area contributed by atoms with Crippen molar-refractivity contribution in [1.82, 2.24) is 0 Å². The van der Waals surface area contributed by atoms with E-state index in [2.05, 4.69) is 6.07 Å². The minimum atomic E-state index is -0.955. The van der Waals surface area contributed by atoms with Gasteiger partial charge in [-0.15, -0.1) is 0 Å². The van der Waals surface area contributed by atoms with Crippen LogP contribution < -0.4 is 0 Å². The fourth-order valence-corrected chi connectivity index (χ4v) is 2.43. The van der Waals surface area contributed by atoms with Crippen molar-refractivity contribution < 1.29 is 4.21 Å². The summed E-state index contributed by atoms with van der Waals surface area (Å²) in [6.07, 6.45) is 1.19. The number of hydrogen-bond acceptors (Lipinski definition) is 2. The van der Waals surface area contributed by atoms with Crippen molar-refractivity contribution in [3.8, 4) is 6.07 Å². The van der Waals surface area contributed by atoms with E-state index in [1.54, 1.807) is 0 Å². The molecule has 1 atom stereocenters. The molecule has 80 valence electrons. The molecule has 0 bridgehead atoms. The Morgan fingerprint density at radius 2 is 2.07 bits per heavy atom. The zero-order valence-electron chi connectivity index (χ0n) is 9.12. The van der Waals surface area contributed by atoms with Crippen molar-refractivity contribution in [1.29, 1.82) is 5.26 Å². The molecule has 1 aromatic rings. The van der Waals surface area contributed by atoms with Gasteiger partial charge >= 0.3 is 0 Å². The highest BCUT2D eigenvalue weighted by Gasteiger charge is 2.04. The van der Waals surface area contributed by atoms with Crippen molar-refractivity contribution in [3.63, 3.8) is 0 Å². The summed E-state index contributed by atoms with van der Waals surface area (Å²) in [6, 6.07) is 7.93. The van der Waals surface area contributed by atoms with Crippen molar-refractivity contribution in [2.45, 2.75) is 31.6 Å². The average molecular weight is 221 g/mol. The molecule has 1 aromatic carbocycles. The topological polar surface area (TPSA) is 40.9 Å². The second kappa shape index (κ2) is 5.67. The average Bonchev–Trinajstić information content (AvgIpc) is 2.22. The molecular formula is C12H15NOS. The van der Waals surface area contributed by atoms with E-state index in [9.17, 15) is 4.21 Å². The largest absolute Gasteiger partial charge is 0.254 e. The number of hydrogen-bond donors (Lipinski definition) is 0. The molecule has 0 spiro atoms. The molecule has 3 heteroatoms. The molecule has 1 unspecified atom stereocenters. The van der Waals surface area contributed by atoms with Gasteiger partial charge in [-0.1, -0.05) is 6.07 Å². The van der Waals surface area contributed by atoms with Crippen LogP contribution in [0, 0.1) is 25.2 Å². The molecule has 0 radical (unpaired) electrons. The van der Waals surface area contributed by atoms with Crippen molar-refractivity contribution in [3.05, 3.63) is 29.3 Å². The molecule has 2 nitrogen and oxygen atoms in total. The van der Waals surface area contributed by atoms with E-state index in [1.165, 1.54) is 11.1 Å². The van der Waals surface area contributed by atoms with Gasteiger partial charge in [0.05, 0.1) is 16.9 Å². The molecule has 0 heterocycles. The first kappa shape index (κ1) is 11.9. The summed E-state index contributed by atoms with van der Waals surface area (Å²) in [6.45, 7) is 4.06. The lowest BCUT2D eigenvalue weighted by molar-refractivity contribution is 0.680. The molecular weight excluding hydrogens is 206 g/mol. The van der Waals surface area contributed by atoms with E-state index in [0.29, 0.717) is 18.6 Å². The first-order chi connectivity index (χ1) is 7.15. The molecule has 1 rings (SSSR count). The number of aryl methyl sites for hydroxylation is 2. The lowest BCUT2D eigenvalue weighted by Gasteiger charge is -2.04. The Labute approximate surface area is 93.4 Å². The summed E-state index contributed by atoms with van der Waals surface area (Å²) < 4.78 is 11.8. The lowest BCUT2D eigenvalue weighted by Crippen LogP contribution is -1.98. The van der Waals surface area contributed by atoms with Gasteiger partial charge in [-0.25, -0.2) is 0 Å². The Kier molecular flexibility index (Phi) is 4.51. The van der Waals surface area contributed by atoms with E-state index >= 15 is 0 Å². The highest BCUT2D eigenvalue weighted by molar-refractivity contribution is 7.85. The standard InChI is InChI=1S/C12H15NOS/c1-10-5-6-12(9-11(10)2)15(14)8-4-3-7-13/h5-6,9H,3-4,8H2,1-2H3. The van der Waals surface area contributed by atoms with Crippen LogP contribution in [0.4, 0.5) is 0 Å². The summed E-state index contributed by atoms with van der Waals surface area (Å²) in [4.78, 5) is 0.871. The first-order valence-electron chi connectivity index (χ1n) is 4.97. The van der Waals surface area contributed by atoms with E-state index in [1.807, 2.05) is 32.0 Å². The Bertz CT molecular complexity index is 407. The van der Waals surface area contributed by atoms with Crippen molar-refractivity contribution >= 4 is 10.8 Å². The maximum absolute atomic E-state index is 11.8. The Balaban J connectivity index is 2.67. The van der Waals surface area contributed by atoms with Crippen LogP contribution in [0.25, 0.3) is 0 Å². The van der Waals surface area contributed by atoms with Gasteiger partial charge in [0.2, 0.25) is 0 Å². The summed E-state index contributed by atoms with van der Waals surface area (Å²) >= 11 is 0. The third kappa shape index (κ3) is 3.49. The highest BCUT2D eigenvalue weighted by atomic mass is 32.2. The molecule has 0 amide bonds. The van der Waals surface area contributed by atoms with Crippen LogP contribution in [0.5, 0.6) is 0 Å². The van der Waals surface area contributed by atoms with Crippen LogP contribution >= 0.6 is 0 Å². The fraction of sp³-hybridized carbons (Fsp3) is 0.417. The second-order valence-corrected chi connectivity index (χ2v) is 5.13. The molecule has 0 aliphatic heterocycles. The maximum atomic E-state index is 11.8. The summed E-state index contributed by atoms with van der Waals surface area (Å²) in [5, 5.41) is 8.38. The van der Waals surface area contributed by atoms with Crippen molar-refractivity contribution in [2.24, 2.45) is 0 Å². The van der Waals surface area contributed by atoms with Crippen LogP contribution in [0.2, 0.25) is 0 Å². The molecule has 0 saturated carbocycles. The van der Waals surface area contributed by atoms with E-state index in [4.69, 9.17) is 5.26 Å². The zero-order valence-corrected chi connectivity index (χ0v) is 9.93. The van der Waals surface area contributed by atoms with E-state index < -0.39 is 10.8 Å². The molecule has 0 aliphatic carbocycles. The Hall–Kier alpha value is -1.14. The minimum absolute atomic E-state index is 0.483. The van der Waals surface area contributed by atoms with Gasteiger partial charge in [0.1, 0.15) is 0 Å². The van der Waals surface area contributed by atoms with E-state index in [0.717, 1.165) is 4.90 Å². The number of benzene rings is 1. The Morgan fingerprint density at radius 3 is 2.67 bits per heavy atom. The SMILES string of the molecule is Cc1ccc(S(=O)CCCC#N)cc1C. The van der Waals surface area contributed by atoms with Crippen LogP contribution in [0.3, 0.4) is 0 Å². The minimum Gasteiger partial charge on any atom is -0.254 e. The van der Waals surface area contributed by atoms with Gasteiger partial charge < -0.3 is 0 Å². The second-order valence-electron chi connectivity index (χ2n) is 3.56. The quantitative estimate of drug-likeness (QED) is 0.733. The predicted molar refractivity (Wildman–Crippen MR) is 62.0 cm³/mol. The molecule has 0 aliphatic rings. The monoisotopic (exact) mass is 221 g/mol. The molecule has 0 saturated heterocycles.